The Balaban J connectivity index is 2.71. The van der Waals surface area contributed by atoms with Crippen LogP contribution in [0.25, 0.3) is 0 Å². The van der Waals surface area contributed by atoms with Crippen molar-refractivity contribution in [2.75, 3.05) is 0 Å². The smallest absolute Gasteiger partial charge is 0.190 e. The minimum Gasteiger partial charge on any atom is -0.362 e. The summed E-state index contributed by atoms with van der Waals surface area (Å²) in [5.41, 5.74) is 2.64. The van der Waals surface area contributed by atoms with Crippen LogP contribution in [-0.2, 0) is 16.1 Å². The zero-order chi connectivity index (χ0) is 11.4. The molecule has 3 heteroatoms. The third-order valence-corrected chi connectivity index (χ3v) is 3.76. The van der Waals surface area contributed by atoms with Gasteiger partial charge in [0.1, 0.15) is 0 Å². The van der Waals surface area contributed by atoms with Gasteiger partial charge in [0.25, 0.3) is 0 Å². The maximum atomic E-state index is 10.2. The van der Waals surface area contributed by atoms with Gasteiger partial charge in [-0.25, -0.2) is 0 Å². The standard InChI is InChI=1S/C12H15BrO2/c1-7-5-8-9(6-10(7)13)12(4,14)15-11(8,2)3/h5-6,14H,1-4H3/t12-/m1/s1. The molecule has 0 saturated carbocycles. The summed E-state index contributed by atoms with van der Waals surface area (Å²) in [6, 6.07) is 4.01. The molecule has 1 aromatic rings. The lowest BCUT2D eigenvalue weighted by atomic mass is 9.92. The van der Waals surface area contributed by atoms with E-state index in [1.54, 1.807) is 6.92 Å². The number of rotatable bonds is 0. The Kier molecular flexibility index (Phi) is 2.27. The van der Waals surface area contributed by atoms with E-state index in [2.05, 4.69) is 22.0 Å². The molecule has 1 aromatic carbocycles. The van der Waals surface area contributed by atoms with E-state index in [1.807, 2.05) is 26.8 Å². The van der Waals surface area contributed by atoms with Gasteiger partial charge >= 0.3 is 0 Å². The van der Waals surface area contributed by atoms with Crippen molar-refractivity contribution in [3.8, 4) is 0 Å². The molecular weight excluding hydrogens is 256 g/mol. The number of benzene rings is 1. The van der Waals surface area contributed by atoms with Gasteiger partial charge in [-0.05, 0) is 44.9 Å². The average molecular weight is 271 g/mol. The fourth-order valence-corrected chi connectivity index (χ4v) is 2.51. The van der Waals surface area contributed by atoms with Gasteiger partial charge in [0.05, 0.1) is 5.60 Å². The lowest BCUT2D eigenvalue weighted by molar-refractivity contribution is -0.237. The topological polar surface area (TPSA) is 29.5 Å². The number of ether oxygens (including phenoxy) is 1. The fraction of sp³-hybridized carbons (Fsp3) is 0.500. The molecule has 15 heavy (non-hydrogen) atoms. The molecule has 0 saturated heterocycles. The molecule has 1 atom stereocenters. The Morgan fingerprint density at radius 3 is 2.40 bits per heavy atom. The van der Waals surface area contributed by atoms with E-state index in [-0.39, 0.29) is 0 Å². The van der Waals surface area contributed by atoms with E-state index in [4.69, 9.17) is 4.74 Å². The molecule has 1 aliphatic heterocycles. The maximum Gasteiger partial charge on any atom is 0.190 e. The van der Waals surface area contributed by atoms with Gasteiger partial charge in [-0.2, -0.15) is 0 Å². The predicted octanol–water partition coefficient (Wildman–Crippen LogP) is 3.19. The van der Waals surface area contributed by atoms with Crippen molar-refractivity contribution in [1.82, 2.24) is 0 Å². The molecule has 0 aliphatic carbocycles. The van der Waals surface area contributed by atoms with Crippen LogP contribution in [0.1, 0.15) is 37.5 Å². The summed E-state index contributed by atoms with van der Waals surface area (Å²) < 4.78 is 6.65. The lowest BCUT2D eigenvalue weighted by Gasteiger charge is -2.23. The molecule has 0 spiro atoms. The summed E-state index contributed by atoms with van der Waals surface area (Å²) in [6.07, 6.45) is 0. The number of hydrogen-bond acceptors (Lipinski definition) is 2. The monoisotopic (exact) mass is 270 g/mol. The number of aryl methyl sites for hydroxylation is 1. The van der Waals surface area contributed by atoms with E-state index < -0.39 is 11.4 Å². The van der Waals surface area contributed by atoms with Crippen molar-refractivity contribution < 1.29 is 9.84 Å². The zero-order valence-corrected chi connectivity index (χ0v) is 11.0. The first-order chi connectivity index (χ1) is 6.74. The third-order valence-electron chi connectivity index (χ3n) is 2.90. The van der Waals surface area contributed by atoms with Crippen molar-refractivity contribution in [3.05, 3.63) is 33.3 Å². The van der Waals surface area contributed by atoms with Gasteiger partial charge < -0.3 is 9.84 Å². The molecule has 1 aliphatic rings. The summed E-state index contributed by atoms with van der Waals surface area (Å²) in [7, 11) is 0. The lowest BCUT2D eigenvalue weighted by Crippen LogP contribution is -2.25. The number of aliphatic hydroxyl groups is 1. The van der Waals surface area contributed by atoms with Gasteiger partial charge in [0.2, 0.25) is 0 Å². The summed E-state index contributed by atoms with van der Waals surface area (Å²) in [5.74, 6) is -1.19. The van der Waals surface area contributed by atoms with Crippen molar-refractivity contribution in [2.45, 2.75) is 39.1 Å². The normalized spacial score (nSPS) is 27.9. The molecule has 2 rings (SSSR count). The zero-order valence-electron chi connectivity index (χ0n) is 9.39. The highest BCUT2D eigenvalue weighted by Crippen LogP contribution is 2.46. The Labute approximate surface area is 98.4 Å². The molecule has 0 fully saturated rings. The Hall–Kier alpha value is -0.380. The second-order valence-corrected chi connectivity index (χ2v) is 5.60. The second kappa shape index (κ2) is 3.06. The SMILES string of the molecule is Cc1cc2c(cc1Br)[C@](C)(O)OC2(C)C. The number of hydrogen-bond donors (Lipinski definition) is 1. The minimum absolute atomic E-state index is 0.426. The van der Waals surface area contributed by atoms with Crippen LogP contribution in [0.3, 0.4) is 0 Å². The first-order valence-electron chi connectivity index (χ1n) is 4.98. The van der Waals surface area contributed by atoms with Crippen LogP contribution in [0.2, 0.25) is 0 Å². The molecular formula is C12H15BrO2. The highest BCUT2D eigenvalue weighted by Gasteiger charge is 2.44. The van der Waals surface area contributed by atoms with Crippen LogP contribution in [0.4, 0.5) is 0 Å². The van der Waals surface area contributed by atoms with E-state index >= 15 is 0 Å². The maximum absolute atomic E-state index is 10.2. The summed E-state index contributed by atoms with van der Waals surface area (Å²) >= 11 is 3.47. The third kappa shape index (κ3) is 1.63. The van der Waals surface area contributed by atoms with Crippen LogP contribution >= 0.6 is 15.9 Å². The first-order valence-corrected chi connectivity index (χ1v) is 5.77. The Morgan fingerprint density at radius 2 is 1.80 bits per heavy atom. The highest BCUT2D eigenvalue weighted by molar-refractivity contribution is 9.10. The van der Waals surface area contributed by atoms with Gasteiger partial charge in [-0.1, -0.05) is 22.0 Å². The van der Waals surface area contributed by atoms with Crippen LogP contribution in [0, 0.1) is 6.92 Å². The quantitative estimate of drug-likeness (QED) is 0.785. The Morgan fingerprint density at radius 1 is 1.20 bits per heavy atom. The summed E-state index contributed by atoms with van der Waals surface area (Å²) in [6.45, 7) is 7.66. The van der Waals surface area contributed by atoms with Crippen LogP contribution in [0.5, 0.6) is 0 Å². The van der Waals surface area contributed by atoms with E-state index in [0.717, 1.165) is 21.2 Å². The molecule has 2 nitrogen and oxygen atoms in total. The largest absolute Gasteiger partial charge is 0.362 e. The van der Waals surface area contributed by atoms with Crippen LogP contribution < -0.4 is 0 Å². The molecule has 1 heterocycles. The first kappa shape index (κ1) is 11.1. The van der Waals surface area contributed by atoms with Crippen molar-refractivity contribution in [2.24, 2.45) is 0 Å². The van der Waals surface area contributed by atoms with E-state index in [0.29, 0.717) is 0 Å². The van der Waals surface area contributed by atoms with Crippen LogP contribution in [-0.4, -0.2) is 5.11 Å². The molecule has 0 radical (unpaired) electrons. The van der Waals surface area contributed by atoms with E-state index in [9.17, 15) is 5.11 Å². The summed E-state index contributed by atoms with van der Waals surface area (Å²) in [4.78, 5) is 0. The van der Waals surface area contributed by atoms with Gasteiger partial charge in [0, 0.05) is 10.0 Å². The van der Waals surface area contributed by atoms with E-state index in [1.165, 1.54) is 0 Å². The van der Waals surface area contributed by atoms with Crippen molar-refractivity contribution >= 4 is 15.9 Å². The molecule has 82 valence electrons. The minimum atomic E-state index is -1.19. The molecule has 0 unspecified atom stereocenters. The molecule has 0 bridgehead atoms. The van der Waals surface area contributed by atoms with Crippen molar-refractivity contribution in [3.63, 3.8) is 0 Å². The summed E-state index contributed by atoms with van der Waals surface area (Å²) in [5, 5.41) is 10.2. The molecule has 0 amide bonds. The predicted molar refractivity (Wildman–Crippen MR) is 62.6 cm³/mol. The number of fused-ring (bicyclic) bond motifs is 1. The fourth-order valence-electron chi connectivity index (χ4n) is 2.17. The molecule has 1 N–H and O–H groups in total. The molecule has 0 aromatic heterocycles. The highest BCUT2D eigenvalue weighted by atomic mass is 79.9. The Bertz CT molecular complexity index is 383. The van der Waals surface area contributed by atoms with Crippen molar-refractivity contribution in [1.29, 1.82) is 0 Å². The van der Waals surface area contributed by atoms with Gasteiger partial charge in [-0.15, -0.1) is 0 Å². The van der Waals surface area contributed by atoms with Crippen LogP contribution in [0.15, 0.2) is 16.6 Å². The van der Waals surface area contributed by atoms with Gasteiger partial charge in [0.15, 0.2) is 5.79 Å². The van der Waals surface area contributed by atoms with Gasteiger partial charge in [-0.3, -0.25) is 0 Å². The number of halogens is 1. The average Bonchev–Trinajstić information content (AvgIpc) is 2.21. The second-order valence-electron chi connectivity index (χ2n) is 4.74.